The van der Waals surface area contributed by atoms with Crippen molar-refractivity contribution in [1.82, 2.24) is 4.90 Å². The van der Waals surface area contributed by atoms with Crippen LogP contribution in [0.5, 0.6) is 0 Å². The molecule has 6 heteroatoms. The maximum atomic E-state index is 12.0. The van der Waals surface area contributed by atoms with E-state index in [2.05, 4.69) is 0 Å². The number of benzene rings is 1. The fraction of sp³-hybridized carbons (Fsp3) is 0.278. The molecule has 1 aromatic carbocycles. The predicted octanol–water partition coefficient (Wildman–Crippen LogP) is 1.67. The van der Waals surface area contributed by atoms with Gasteiger partial charge in [0.2, 0.25) is 5.91 Å². The molecule has 0 saturated carbocycles. The first kappa shape index (κ1) is 16.0. The Labute approximate surface area is 139 Å². The highest BCUT2D eigenvalue weighted by Gasteiger charge is 2.54. The highest BCUT2D eigenvalue weighted by molar-refractivity contribution is 5.93. The number of carbonyl (C=O) groups excluding carboxylic acids is 3. The molecule has 0 aromatic heterocycles. The van der Waals surface area contributed by atoms with Crippen LogP contribution in [0.4, 0.5) is 0 Å². The molecule has 2 aliphatic heterocycles. The van der Waals surface area contributed by atoms with Crippen molar-refractivity contribution in [3.63, 3.8) is 0 Å². The summed E-state index contributed by atoms with van der Waals surface area (Å²) in [5.74, 6) is -0.576. The van der Waals surface area contributed by atoms with E-state index in [1.165, 1.54) is 12.0 Å². The third kappa shape index (κ3) is 2.82. The van der Waals surface area contributed by atoms with Crippen molar-refractivity contribution in [3.05, 3.63) is 53.3 Å². The lowest BCUT2D eigenvalue weighted by atomic mass is 10.0. The van der Waals surface area contributed by atoms with Gasteiger partial charge in [-0.1, -0.05) is 42.5 Å². The quantitative estimate of drug-likeness (QED) is 0.356. The molecule has 24 heavy (non-hydrogen) atoms. The Morgan fingerprint density at radius 1 is 1.38 bits per heavy atom. The average Bonchev–Trinajstić information content (AvgIpc) is 2.91. The smallest absolute Gasteiger partial charge is 0.336 e. The van der Waals surface area contributed by atoms with Crippen molar-refractivity contribution >= 4 is 24.2 Å². The van der Waals surface area contributed by atoms with Gasteiger partial charge in [-0.3, -0.25) is 14.5 Å². The lowest BCUT2D eigenvalue weighted by Crippen LogP contribution is -2.55. The molecule has 0 bridgehead atoms. The van der Waals surface area contributed by atoms with E-state index in [0.29, 0.717) is 18.3 Å². The molecule has 2 saturated heterocycles. The van der Waals surface area contributed by atoms with Crippen LogP contribution in [0.25, 0.3) is 6.08 Å². The fourth-order valence-electron chi connectivity index (χ4n) is 2.82. The molecule has 2 fully saturated rings. The summed E-state index contributed by atoms with van der Waals surface area (Å²) in [7, 11) is 1.24. The second-order valence-corrected chi connectivity index (χ2v) is 5.53. The van der Waals surface area contributed by atoms with Crippen molar-refractivity contribution in [3.8, 4) is 0 Å². The fourth-order valence-corrected chi connectivity index (χ4v) is 2.82. The van der Waals surface area contributed by atoms with Crippen molar-refractivity contribution < 1.29 is 23.9 Å². The third-order valence-electron chi connectivity index (χ3n) is 4.07. The standard InChI is InChI=1S/C18H17NO5/c1-23-18(22)16-17(24-15-10-14(21)19(15)16)13(11-20)9-5-8-12-6-3-2-4-7-12/h2-8,11,15-16H,9-10H2,1H3/b8-5+,17-13?/t15-,16?/m1/s1. The van der Waals surface area contributed by atoms with E-state index in [4.69, 9.17) is 9.47 Å². The van der Waals surface area contributed by atoms with Crippen LogP contribution in [0.2, 0.25) is 0 Å². The number of β-lactam (4-membered cyclic amide) rings is 1. The van der Waals surface area contributed by atoms with E-state index in [9.17, 15) is 14.4 Å². The summed E-state index contributed by atoms with van der Waals surface area (Å²) >= 11 is 0. The first-order chi connectivity index (χ1) is 11.7. The zero-order valence-corrected chi connectivity index (χ0v) is 13.2. The Balaban J connectivity index is 1.83. The number of aldehydes is 1. The lowest BCUT2D eigenvalue weighted by molar-refractivity contribution is -0.164. The van der Waals surface area contributed by atoms with E-state index in [-0.39, 0.29) is 18.1 Å². The summed E-state index contributed by atoms with van der Waals surface area (Å²) in [5.41, 5.74) is 1.34. The van der Waals surface area contributed by atoms with E-state index in [0.717, 1.165) is 5.56 Å². The van der Waals surface area contributed by atoms with Crippen LogP contribution < -0.4 is 0 Å². The molecular formula is C18H17NO5. The molecule has 2 heterocycles. The monoisotopic (exact) mass is 327 g/mol. The van der Waals surface area contributed by atoms with Crippen LogP contribution in [-0.2, 0) is 23.9 Å². The molecule has 3 rings (SSSR count). The lowest BCUT2D eigenvalue weighted by Gasteiger charge is -2.33. The highest BCUT2D eigenvalue weighted by Crippen LogP contribution is 2.38. The molecule has 1 unspecified atom stereocenters. The van der Waals surface area contributed by atoms with E-state index >= 15 is 0 Å². The maximum Gasteiger partial charge on any atom is 0.336 e. The Hall–Kier alpha value is -2.89. The minimum Gasteiger partial charge on any atom is -0.471 e. The number of amides is 1. The summed E-state index contributed by atoms with van der Waals surface area (Å²) in [6.07, 6.45) is 4.40. The van der Waals surface area contributed by atoms with E-state index in [1.807, 2.05) is 42.5 Å². The van der Waals surface area contributed by atoms with Gasteiger partial charge in [-0.05, 0) is 12.0 Å². The van der Waals surface area contributed by atoms with Gasteiger partial charge in [0.1, 0.15) is 12.0 Å². The molecule has 2 aliphatic rings. The number of hydrogen-bond acceptors (Lipinski definition) is 5. The number of allylic oxidation sites excluding steroid dienone is 2. The maximum absolute atomic E-state index is 12.0. The summed E-state index contributed by atoms with van der Waals surface area (Å²) in [5, 5.41) is 0. The number of hydrogen-bond donors (Lipinski definition) is 0. The van der Waals surface area contributed by atoms with Gasteiger partial charge in [-0.2, -0.15) is 0 Å². The van der Waals surface area contributed by atoms with Gasteiger partial charge >= 0.3 is 5.97 Å². The number of esters is 1. The Morgan fingerprint density at radius 2 is 2.12 bits per heavy atom. The number of ether oxygens (including phenoxy) is 2. The largest absolute Gasteiger partial charge is 0.471 e. The van der Waals surface area contributed by atoms with Crippen LogP contribution >= 0.6 is 0 Å². The molecule has 0 spiro atoms. The topological polar surface area (TPSA) is 72.9 Å². The van der Waals surface area contributed by atoms with Gasteiger partial charge < -0.3 is 9.47 Å². The van der Waals surface area contributed by atoms with Crippen LogP contribution in [0.3, 0.4) is 0 Å². The SMILES string of the molecule is COC(=O)C1C(=C(C=O)C/C=C/c2ccccc2)O[C@@H]2CC(=O)N12. The second-order valence-electron chi connectivity index (χ2n) is 5.53. The molecule has 0 aliphatic carbocycles. The number of rotatable bonds is 5. The van der Waals surface area contributed by atoms with Crippen LogP contribution in [-0.4, -0.2) is 42.4 Å². The molecule has 0 N–H and O–H groups in total. The molecule has 2 atom stereocenters. The Morgan fingerprint density at radius 3 is 2.75 bits per heavy atom. The van der Waals surface area contributed by atoms with Crippen molar-refractivity contribution in [2.75, 3.05) is 7.11 Å². The van der Waals surface area contributed by atoms with Gasteiger partial charge in [0.25, 0.3) is 0 Å². The third-order valence-corrected chi connectivity index (χ3v) is 4.07. The number of fused-ring (bicyclic) bond motifs is 1. The van der Waals surface area contributed by atoms with Crippen molar-refractivity contribution in [2.45, 2.75) is 25.1 Å². The molecule has 6 nitrogen and oxygen atoms in total. The molecule has 0 radical (unpaired) electrons. The summed E-state index contributed by atoms with van der Waals surface area (Å²) in [6, 6.07) is 8.68. The molecule has 124 valence electrons. The van der Waals surface area contributed by atoms with Gasteiger partial charge in [-0.25, -0.2) is 4.79 Å². The van der Waals surface area contributed by atoms with E-state index < -0.39 is 18.2 Å². The van der Waals surface area contributed by atoms with Gasteiger partial charge in [0, 0.05) is 5.57 Å². The normalized spacial score (nSPS) is 24.2. The number of nitrogens with zero attached hydrogens (tertiary/aromatic N) is 1. The summed E-state index contributed by atoms with van der Waals surface area (Å²) < 4.78 is 10.4. The summed E-state index contributed by atoms with van der Waals surface area (Å²) in [4.78, 5) is 36.5. The summed E-state index contributed by atoms with van der Waals surface area (Å²) in [6.45, 7) is 0. The van der Waals surface area contributed by atoms with Crippen LogP contribution in [0.15, 0.2) is 47.7 Å². The van der Waals surface area contributed by atoms with Gasteiger partial charge in [0.15, 0.2) is 12.3 Å². The highest BCUT2D eigenvalue weighted by atomic mass is 16.6. The van der Waals surface area contributed by atoms with Crippen LogP contribution in [0, 0.1) is 0 Å². The van der Waals surface area contributed by atoms with Gasteiger partial charge in [-0.15, -0.1) is 0 Å². The first-order valence-electron chi connectivity index (χ1n) is 7.61. The van der Waals surface area contributed by atoms with Crippen molar-refractivity contribution in [2.24, 2.45) is 0 Å². The zero-order chi connectivity index (χ0) is 17.1. The minimum atomic E-state index is -0.966. The predicted molar refractivity (Wildman–Crippen MR) is 85.3 cm³/mol. The minimum absolute atomic E-state index is 0.185. The van der Waals surface area contributed by atoms with Crippen LogP contribution in [0.1, 0.15) is 18.4 Å². The number of carbonyl (C=O) groups is 3. The first-order valence-corrected chi connectivity index (χ1v) is 7.61. The number of methoxy groups -OCH3 is 1. The molecule has 1 amide bonds. The Bertz CT molecular complexity index is 722. The zero-order valence-electron chi connectivity index (χ0n) is 13.2. The van der Waals surface area contributed by atoms with Gasteiger partial charge in [0.05, 0.1) is 13.5 Å². The second kappa shape index (κ2) is 6.70. The Kier molecular flexibility index (Phi) is 4.46. The van der Waals surface area contributed by atoms with E-state index in [1.54, 1.807) is 0 Å². The average molecular weight is 327 g/mol. The molecule has 1 aromatic rings. The van der Waals surface area contributed by atoms with Crippen molar-refractivity contribution in [1.29, 1.82) is 0 Å². The molecular weight excluding hydrogens is 310 g/mol.